The molecule has 2 heterocycles. The number of nitrogens with zero attached hydrogens (tertiary/aromatic N) is 2. The van der Waals surface area contributed by atoms with Crippen LogP contribution in [0.15, 0.2) is 36.7 Å². The van der Waals surface area contributed by atoms with E-state index in [-0.39, 0.29) is 5.56 Å². The molecule has 0 saturated heterocycles. The molecule has 0 aliphatic heterocycles. The number of rotatable bonds is 3. The second-order valence-corrected chi connectivity index (χ2v) is 5.52. The number of aromatic carboxylic acids is 1. The summed E-state index contributed by atoms with van der Waals surface area (Å²) in [6.07, 6.45) is 1.51. The third-order valence-corrected chi connectivity index (χ3v) is 3.79. The Kier molecular flexibility index (Phi) is 3.08. The Bertz CT molecular complexity index is 781. The van der Waals surface area contributed by atoms with E-state index in [0.29, 0.717) is 5.82 Å². The smallest absolute Gasteiger partial charge is 0.142 e. The molecular weight excluding hydrogens is 274 g/mol. The summed E-state index contributed by atoms with van der Waals surface area (Å²) in [5.41, 5.74) is 0.911. The van der Waals surface area contributed by atoms with Crippen LogP contribution in [-0.2, 0) is 0 Å². The first-order chi connectivity index (χ1) is 9.63. The lowest BCUT2D eigenvalue weighted by atomic mass is 10.2. The lowest BCUT2D eigenvalue weighted by Crippen LogP contribution is -2.21. The number of anilines is 2. The van der Waals surface area contributed by atoms with Gasteiger partial charge in [-0.15, -0.1) is 11.3 Å². The molecule has 2 aromatic heterocycles. The summed E-state index contributed by atoms with van der Waals surface area (Å²) >= 11 is 1.61. The number of carbonyl (C=O) groups excluding carboxylic acids is 1. The molecular formula is C14H10N3O2S-. The van der Waals surface area contributed by atoms with Crippen LogP contribution in [0.5, 0.6) is 0 Å². The quantitative estimate of drug-likeness (QED) is 0.797. The maximum atomic E-state index is 10.7. The molecule has 0 radical (unpaired) electrons. The molecule has 0 atom stereocenters. The van der Waals surface area contributed by atoms with Crippen molar-refractivity contribution in [1.29, 1.82) is 0 Å². The largest absolute Gasteiger partial charge is 0.545 e. The van der Waals surface area contributed by atoms with Crippen molar-refractivity contribution < 1.29 is 9.90 Å². The molecule has 20 heavy (non-hydrogen) atoms. The van der Waals surface area contributed by atoms with Gasteiger partial charge in [0.15, 0.2) is 0 Å². The molecule has 0 fully saturated rings. The second kappa shape index (κ2) is 4.90. The van der Waals surface area contributed by atoms with Gasteiger partial charge >= 0.3 is 0 Å². The minimum Gasteiger partial charge on any atom is -0.545 e. The van der Waals surface area contributed by atoms with Gasteiger partial charge in [-0.05, 0) is 30.7 Å². The number of benzene rings is 1. The predicted molar refractivity (Wildman–Crippen MR) is 76.2 cm³/mol. The Morgan fingerprint density at radius 3 is 2.70 bits per heavy atom. The van der Waals surface area contributed by atoms with E-state index < -0.39 is 5.97 Å². The Morgan fingerprint density at radius 2 is 2.00 bits per heavy atom. The molecule has 0 aliphatic rings. The van der Waals surface area contributed by atoms with E-state index in [4.69, 9.17) is 0 Å². The number of hydrogen-bond acceptors (Lipinski definition) is 6. The zero-order valence-corrected chi connectivity index (χ0v) is 11.4. The molecule has 0 saturated carbocycles. The fraction of sp³-hybridized carbons (Fsp3) is 0.0714. The zero-order valence-electron chi connectivity index (χ0n) is 10.6. The maximum Gasteiger partial charge on any atom is 0.142 e. The van der Waals surface area contributed by atoms with Crippen LogP contribution in [0, 0.1) is 6.92 Å². The summed E-state index contributed by atoms with van der Waals surface area (Å²) in [5.74, 6) is -0.477. The van der Waals surface area contributed by atoms with Crippen LogP contribution in [-0.4, -0.2) is 15.9 Å². The topological polar surface area (TPSA) is 77.9 Å². The number of carbonyl (C=O) groups is 1. The molecule has 0 amide bonds. The highest BCUT2D eigenvalue weighted by Crippen LogP contribution is 2.29. The Labute approximate surface area is 118 Å². The number of aryl methyl sites for hydroxylation is 1. The zero-order chi connectivity index (χ0) is 14.1. The van der Waals surface area contributed by atoms with E-state index in [0.717, 1.165) is 20.8 Å². The van der Waals surface area contributed by atoms with Crippen molar-refractivity contribution in [3.63, 3.8) is 0 Å². The number of hydrogen-bond donors (Lipinski definition) is 1. The maximum absolute atomic E-state index is 10.7. The minimum atomic E-state index is -1.19. The van der Waals surface area contributed by atoms with E-state index in [9.17, 15) is 9.90 Å². The molecule has 5 nitrogen and oxygen atoms in total. The van der Waals surface area contributed by atoms with Crippen molar-refractivity contribution in [1.82, 2.24) is 9.97 Å². The van der Waals surface area contributed by atoms with E-state index >= 15 is 0 Å². The number of carboxylic acids is 1. The molecule has 100 valence electrons. The van der Waals surface area contributed by atoms with Crippen molar-refractivity contribution >= 4 is 39.0 Å². The lowest BCUT2D eigenvalue weighted by molar-refractivity contribution is -0.255. The fourth-order valence-electron chi connectivity index (χ4n) is 1.90. The Balaban J connectivity index is 1.94. The highest BCUT2D eigenvalue weighted by molar-refractivity contribution is 7.18. The number of nitrogens with one attached hydrogen (secondary N) is 1. The van der Waals surface area contributed by atoms with Gasteiger partial charge in [0.2, 0.25) is 0 Å². The van der Waals surface area contributed by atoms with Crippen LogP contribution in [0.3, 0.4) is 0 Å². The van der Waals surface area contributed by atoms with Crippen molar-refractivity contribution in [2.45, 2.75) is 6.92 Å². The first-order valence-corrected chi connectivity index (χ1v) is 6.75. The monoisotopic (exact) mass is 284 g/mol. The average molecular weight is 284 g/mol. The van der Waals surface area contributed by atoms with Crippen molar-refractivity contribution in [3.05, 3.63) is 47.1 Å². The fourth-order valence-corrected chi connectivity index (χ4v) is 2.75. The summed E-state index contributed by atoms with van der Waals surface area (Å²) < 4.78 is 0. The third kappa shape index (κ3) is 2.33. The molecule has 3 aromatic rings. The van der Waals surface area contributed by atoms with Gasteiger partial charge in [0.25, 0.3) is 0 Å². The molecule has 3 rings (SSSR count). The van der Waals surface area contributed by atoms with Crippen molar-refractivity contribution in [2.75, 3.05) is 5.32 Å². The highest BCUT2D eigenvalue weighted by Gasteiger charge is 2.07. The van der Waals surface area contributed by atoms with E-state index in [1.807, 2.05) is 13.0 Å². The van der Waals surface area contributed by atoms with Crippen molar-refractivity contribution in [3.8, 4) is 0 Å². The third-order valence-electron chi connectivity index (χ3n) is 2.84. The summed E-state index contributed by atoms with van der Waals surface area (Å²) in [4.78, 5) is 21.2. The molecule has 1 N–H and O–H groups in total. The normalized spacial score (nSPS) is 10.7. The van der Waals surface area contributed by atoms with Crippen LogP contribution in [0.2, 0.25) is 0 Å². The van der Waals surface area contributed by atoms with Gasteiger partial charge in [0, 0.05) is 10.6 Å². The molecule has 1 aromatic carbocycles. The van der Waals surface area contributed by atoms with Crippen LogP contribution in [0.1, 0.15) is 15.2 Å². The average Bonchev–Trinajstić information content (AvgIpc) is 2.81. The van der Waals surface area contributed by atoms with Crippen LogP contribution >= 0.6 is 11.3 Å². The van der Waals surface area contributed by atoms with Crippen molar-refractivity contribution in [2.24, 2.45) is 0 Å². The molecule has 0 aliphatic carbocycles. The molecule has 6 heteroatoms. The van der Waals surface area contributed by atoms with Crippen LogP contribution in [0.25, 0.3) is 10.2 Å². The van der Waals surface area contributed by atoms with Gasteiger partial charge in [-0.2, -0.15) is 0 Å². The van der Waals surface area contributed by atoms with E-state index in [2.05, 4.69) is 15.3 Å². The first-order valence-electron chi connectivity index (χ1n) is 5.93. The van der Waals surface area contributed by atoms with Gasteiger partial charge in [-0.25, -0.2) is 9.97 Å². The molecule has 0 unspecified atom stereocenters. The first kappa shape index (κ1) is 12.6. The van der Waals surface area contributed by atoms with Gasteiger partial charge in [-0.1, -0.05) is 12.1 Å². The molecule has 0 bridgehead atoms. The lowest BCUT2D eigenvalue weighted by Gasteiger charge is -2.08. The number of fused-ring (bicyclic) bond motifs is 1. The minimum absolute atomic E-state index is 0.148. The van der Waals surface area contributed by atoms with E-state index in [1.54, 1.807) is 23.5 Å². The summed E-state index contributed by atoms with van der Waals surface area (Å²) in [6, 6.07) is 8.37. The van der Waals surface area contributed by atoms with Crippen LogP contribution < -0.4 is 10.4 Å². The Morgan fingerprint density at radius 1 is 1.25 bits per heavy atom. The number of thiophene rings is 1. The number of aromatic nitrogens is 2. The van der Waals surface area contributed by atoms with Gasteiger partial charge < -0.3 is 15.2 Å². The SMILES string of the molecule is Cc1cc2c(Nc3ccc(C(=O)[O-])cc3)ncnc2s1. The number of carboxylic acid groups (broad SMARTS) is 1. The predicted octanol–water partition coefficient (Wildman–Crippen LogP) is 2.11. The summed E-state index contributed by atoms with van der Waals surface area (Å²) in [7, 11) is 0. The van der Waals surface area contributed by atoms with Crippen LogP contribution in [0.4, 0.5) is 11.5 Å². The van der Waals surface area contributed by atoms with Gasteiger partial charge in [0.1, 0.15) is 17.0 Å². The summed E-state index contributed by atoms with van der Waals surface area (Å²) in [5, 5.41) is 14.8. The highest BCUT2D eigenvalue weighted by atomic mass is 32.1. The van der Waals surface area contributed by atoms with Gasteiger partial charge in [0.05, 0.1) is 11.4 Å². The standard InChI is InChI=1S/C14H11N3O2S/c1-8-6-11-12(15-7-16-13(11)20-8)17-10-4-2-9(3-5-10)14(18)19/h2-7H,1H3,(H,18,19)(H,15,16,17)/p-1. The Hall–Kier alpha value is -2.47. The molecule has 0 spiro atoms. The second-order valence-electron chi connectivity index (χ2n) is 4.29. The van der Waals surface area contributed by atoms with Gasteiger partial charge in [-0.3, -0.25) is 0 Å². The van der Waals surface area contributed by atoms with E-state index in [1.165, 1.54) is 18.5 Å². The summed E-state index contributed by atoms with van der Waals surface area (Å²) in [6.45, 7) is 2.02.